The lowest BCUT2D eigenvalue weighted by atomic mass is 10.1. The Morgan fingerprint density at radius 3 is 2.57 bits per heavy atom. The number of aromatic nitrogens is 1. The summed E-state index contributed by atoms with van der Waals surface area (Å²) in [6, 6.07) is 16.1. The number of hydrogen-bond donors (Lipinski definition) is 1. The molecule has 4 heteroatoms. The molecule has 0 fully saturated rings. The fourth-order valence-corrected chi connectivity index (χ4v) is 2.83. The van der Waals surface area contributed by atoms with Crippen molar-refractivity contribution < 1.29 is 4.74 Å². The number of nitrogens with one attached hydrogen (secondary N) is 1. The van der Waals surface area contributed by atoms with Crippen LogP contribution < -0.4 is 10.1 Å². The molecule has 2 aromatic carbocycles. The lowest BCUT2D eigenvalue weighted by molar-refractivity contribution is 0.419. The zero-order valence-corrected chi connectivity index (χ0v) is 14.2. The highest BCUT2D eigenvalue weighted by molar-refractivity contribution is 6.30. The molecule has 1 aromatic heterocycles. The van der Waals surface area contributed by atoms with Crippen molar-refractivity contribution in [3.05, 3.63) is 64.8 Å². The second-order valence-corrected chi connectivity index (χ2v) is 6.02. The number of ether oxygens (including phenoxy) is 1. The molecule has 0 spiro atoms. The Balaban J connectivity index is 2.01. The van der Waals surface area contributed by atoms with E-state index in [2.05, 4.69) is 29.4 Å². The molecule has 23 heavy (non-hydrogen) atoms. The van der Waals surface area contributed by atoms with E-state index in [4.69, 9.17) is 16.3 Å². The maximum absolute atomic E-state index is 5.97. The summed E-state index contributed by atoms with van der Waals surface area (Å²) in [5.41, 5.74) is 4.06. The number of anilines is 1. The van der Waals surface area contributed by atoms with Crippen LogP contribution in [0.1, 0.15) is 24.2 Å². The predicted octanol–water partition coefficient (Wildman–Crippen LogP) is 5.38. The summed E-state index contributed by atoms with van der Waals surface area (Å²) in [5.74, 6) is 0.786. The van der Waals surface area contributed by atoms with Gasteiger partial charge >= 0.3 is 0 Å². The lowest BCUT2D eigenvalue weighted by Crippen LogP contribution is -2.07. The van der Waals surface area contributed by atoms with Gasteiger partial charge in [0.25, 0.3) is 0 Å². The van der Waals surface area contributed by atoms with Gasteiger partial charge < -0.3 is 10.1 Å². The van der Waals surface area contributed by atoms with E-state index in [9.17, 15) is 0 Å². The number of methoxy groups -OCH3 is 1. The van der Waals surface area contributed by atoms with Gasteiger partial charge in [-0.3, -0.25) is 0 Å². The van der Waals surface area contributed by atoms with Crippen LogP contribution in [0.25, 0.3) is 10.9 Å². The lowest BCUT2D eigenvalue weighted by Gasteiger charge is -2.18. The summed E-state index contributed by atoms with van der Waals surface area (Å²) in [6.45, 7) is 4.12. The number of rotatable bonds is 4. The summed E-state index contributed by atoms with van der Waals surface area (Å²) < 4.78 is 5.44. The van der Waals surface area contributed by atoms with Crippen molar-refractivity contribution in [1.82, 2.24) is 4.98 Å². The first kappa shape index (κ1) is 15.6. The molecule has 0 aliphatic rings. The first-order chi connectivity index (χ1) is 11.1. The largest absolute Gasteiger partial charge is 0.494 e. The summed E-state index contributed by atoms with van der Waals surface area (Å²) >= 11 is 5.97. The highest BCUT2D eigenvalue weighted by atomic mass is 35.5. The van der Waals surface area contributed by atoms with Crippen molar-refractivity contribution in [2.45, 2.75) is 19.9 Å². The fourth-order valence-electron chi connectivity index (χ4n) is 2.70. The molecular formula is C19H19ClN2O. The monoisotopic (exact) mass is 326 g/mol. The van der Waals surface area contributed by atoms with E-state index < -0.39 is 0 Å². The van der Waals surface area contributed by atoms with Gasteiger partial charge in [-0.1, -0.05) is 35.9 Å². The van der Waals surface area contributed by atoms with Crippen molar-refractivity contribution in [2.75, 3.05) is 12.4 Å². The molecule has 3 nitrogen and oxygen atoms in total. The number of pyridine rings is 1. The Morgan fingerprint density at radius 2 is 1.87 bits per heavy atom. The highest BCUT2D eigenvalue weighted by Crippen LogP contribution is 2.32. The summed E-state index contributed by atoms with van der Waals surface area (Å²) in [5, 5.41) is 5.37. The fraction of sp³-hybridized carbons (Fsp3) is 0.211. The number of hydrogen-bond acceptors (Lipinski definition) is 3. The van der Waals surface area contributed by atoms with Gasteiger partial charge in [0.2, 0.25) is 0 Å². The van der Waals surface area contributed by atoms with Gasteiger partial charge in [0.1, 0.15) is 11.3 Å². The average molecular weight is 327 g/mol. The zero-order chi connectivity index (χ0) is 16.4. The number of aryl methyl sites for hydroxylation is 1. The molecular weight excluding hydrogens is 308 g/mol. The van der Waals surface area contributed by atoms with Crippen LogP contribution >= 0.6 is 11.6 Å². The maximum Gasteiger partial charge on any atom is 0.145 e. The van der Waals surface area contributed by atoms with E-state index in [0.717, 1.165) is 33.1 Å². The van der Waals surface area contributed by atoms with Crippen LogP contribution in [0.4, 0.5) is 5.69 Å². The molecule has 0 saturated heterocycles. The van der Waals surface area contributed by atoms with Crippen LogP contribution in [-0.2, 0) is 0 Å². The summed E-state index contributed by atoms with van der Waals surface area (Å²) in [4.78, 5) is 4.62. The van der Waals surface area contributed by atoms with E-state index in [1.165, 1.54) is 5.56 Å². The minimum absolute atomic E-state index is 0.156. The summed E-state index contributed by atoms with van der Waals surface area (Å²) in [7, 11) is 1.67. The van der Waals surface area contributed by atoms with Crippen LogP contribution in [0.2, 0.25) is 5.02 Å². The second kappa shape index (κ2) is 6.47. The molecule has 0 saturated carbocycles. The molecule has 0 bridgehead atoms. The molecule has 1 heterocycles. The van der Waals surface area contributed by atoms with Gasteiger partial charge in [0.05, 0.1) is 7.11 Å². The number of nitrogens with zero attached hydrogens (tertiary/aromatic N) is 1. The molecule has 1 unspecified atom stereocenters. The van der Waals surface area contributed by atoms with Crippen LogP contribution in [0, 0.1) is 6.92 Å². The number of benzene rings is 2. The van der Waals surface area contributed by atoms with Crippen LogP contribution in [0.3, 0.4) is 0 Å². The van der Waals surface area contributed by atoms with E-state index in [0.29, 0.717) is 0 Å². The van der Waals surface area contributed by atoms with Gasteiger partial charge in [0.15, 0.2) is 0 Å². The summed E-state index contributed by atoms with van der Waals surface area (Å²) in [6.07, 6.45) is 0. The maximum atomic E-state index is 5.97. The standard InChI is InChI=1S/C19H19ClN2O/c1-12-11-17(16-5-4-6-18(23-3)19(16)21-12)22-13(2)14-7-9-15(20)10-8-14/h4-11,13H,1-3H3,(H,21,22). The van der Waals surface area contributed by atoms with Gasteiger partial charge in [-0.05, 0) is 43.7 Å². The smallest absolute Gasteiger partial charge is 0.145 e. The van der Waals surface area contributed by atoms with Gasteiger partial charge in [-0.2, -0.15) is 0 Å². The first-order valence-electron chi connectivity index (χ1n) is 7.55. The predicted molar refractivity (Wildman–Crippen MR) is 96.5 cm³/mol. The van der Waals surface area contributed by atoms with E-state index in [1.54, 1.807) is 7.11 Å². The second-order valence-electron chi connectivity index (χ2n) is 5.59. The van der Waals surface area contributed by atoms with Crippen LogP contribution in [-0.4, -0.2) is 12.1 Å². The molecule has 1 atom stereocenters. The molecule has 118 valence electrons. The normalized spacial score (nSPS) is 12.2. The van der Waals surface area contributed by atoms with Gasteiger partial charge in [-0.15, -0.1) is 0 Å². The van der Waals surface area contributed by atoms with Crippen LogP contribution in [0.15, 0.2) is 48.5 Å². The Labute approximate surface area is 141 Å². The van der Waals surface area contributed by atoms with Crippen molar-refractivity contribution in [2.24, 2.45) is 0 Å². The molecule has 0 radical (unpaired) electrons. The molecule has 0 aliphatic carbocycles. The number of para-hydroxylation sites is 1. The third kappa shape index (κ3) is 3.25. The minimum Gasteiger partial charge on any atom is -0.494 e. The van der Waals surface area contributed by atoms with Crippen molar-refractivity contribution in [3.8, 4) is 5.75 Å². The topological polar surface area (TPSA) is 34.1 Å². The van der Waals surface area contributed by atoms with E-state index in [1.807, 2.05) is 43.3 Å². The first-order valence-corrected chi connectivity index (χ1v) is 7.92. The highest BCUT2D eigenvalue weighted by Gasteiger charge is 2.11. The average Bonchev–Trinajstić information content (AvgIpc) is 2.54. The van der Waals surface area contributed by atoms with Crippen molar-refractivity contribution >= 4 is 28.2 Å². The van der Waals surface area contributed by atoms with Gasteiger partial charge in [0, 0.05) is 27.8 Å². The third-order valence-electron chi connectivity index (χ3n) is 3.89. The Bertz CT molecular complexity index is 831. The Hall–Kier alpha value is -2.26. The zero-order valence-electron chi connectivity index (χ0n) is 13.4. The Kier molecular flexibility index (Phi) is 4.39. The Morgan fingerprint density at radius 1 is 1.13 bits per heavy atom. The number of halogens is 1. The molecule has 3 aromatic rings. The molecule has 0 aliphatic heterocycles. The molecule has 0 amide bonds. The van der Waals surface area contributed by atoms with Crippen LogP contribution in [0.5, 0.6) is 5.75 Å². The number of fused-ring (bicyclic) bond motifs is 1. The third-order valence-corrected chi connectivity index (χ3v) is 4.14. The van der Waals surface area contributed by atoms with Gasteiger partial charge in [-0.25, -0.2) is 4.98 Å². The molecule has 1 N–H and O–H groups in total. The van der Waals surface area contributed by atoms with Crippen molar-refractivity contribution in [3.63, 3.8) is 0 Å². The minimum atomic E-state index is 0.156. The van der Waals surface area contributed by atoms with E-state index >= 15 is 0 Å². The molecule has 3 rings (SSSR count). The quantitative estimate of drug-likeness (QED) is 0.699. The van der Waals surface area contributed by atoms with E-state index in [-0.39, 0.29) is 6.04 Å². The van der Waals surface area contributed by atoms with Crippen molar-refractivity contribution in [1.29, 1.82) is 0 Å². The SMILES string of the molecule is COc1cccc2c(NC(C)c3ccc(Cl)cc3)cc(C)nc12.